The number of aryl methyl sites for hydroxylation is 1. The molecule has 0 bridgehead atoms. The van der Waals surface area contributed by atoms with Gasteiger partial charge in [-0.1, -0.05) is 0 Å². The van der Waals surface area contributed by atoms with Crippen molar-refractivity contribution in [2.24, 2.45) is 12.2 Å². The number of carbonyl (C=O) groups is 1. The first-order valence-corrected chi connectivity index (χ1v) is 6.70. The molecular formula is C11H20N4O3S. The molecule has 0 radical (unpaired) electrons. The van der Waals surface area contributed by atoms with Crippen LogP contribution in [0.5, 0.6) is 0 Å². The lowest BCUT2D eigenvalue weighted by Crippen LogP contribution is -2.37. The van der Waals surface area contributed by atoms with Gasteiger partial charge in [0.2, 0.25) is 0 Å². The second-order valence-corrected chi connectivity index (χ2v) is 4.54. The van der Waals surface area contributed by atoms with Crippen LogP contribution in [0.4, 0.5) is 0 Å². The van der Waals surface area contributed by atoms with Crippen LogP contribution in [0.2, 0.25) is 0 Å². The summed E-state index contributed by atoms with van der Waals surface area (Å²) < 4.78 is 11.6. The average molecular weight is 288 g/mol. The lowest BCUT2D eigenvalue weighted by Gasteiger charge is -2.21. The van der Waals surface area contributed by atoms with E-state index >= 15 is 0 Å². The predicted octanol–water partition coefficient (Wildman–Crippen LogP) is 0.121. The van der Waals surface area contributed by atoms with E-state index in [1.807, 2.05) is 0 Å². The van der Waals surface area contributed by atoms with Crippen LogP contribution < -0.4 is 5.14 Å². The fourth-order valence-corrected chi connectivity index (χ4v) is 1.93. The zero-order valence-corrected chi connectivity index (χ0v) is 12.3. The van der Waals surface area contributed by atoms with Crippen LogP contribution in [0.3, 0.4) is 0 Å². The van der Waals surface area contributed by atoms with E-state index in [0.717, 1.165) is 11.9 Å². The minimum Gasteiger partial charge on any atom is -0.383 e. The van der Waals surface area contributed by atoms with E-state index in [-0.39, 0.29) is 5.91 Å². The fourth-order valence-electron chi connectivity index (χ4n) is 1.58. The Hall–Kier alpha value is -1.09. The summed E-state index contributed by atoms with van der Waals surface area (Å²) >= 11 is 1.02. The van der Waals surface area contributed by atoms with E-state index in [4.69, 9.17) is 14.6 Å². The summed E-state index contributed by atoms with van der Waals surface area (Å²) in [6.07, 6.45) is 0. The summed E-state index contributed by atoms with van der Waals surface area (Å²) in [6, 6.07) is 1.68. The molecule has 8 heteroatoms. The van der Waals surface area contributed by atoms with Crippen LogP contribution in [-0.4, -0.2) is 61.1 Å². The number of rotatable bonds is 8. The van der Waals surface area contributed by atoms with Gasteiger partial charge in [-0.3, -0.25) is 14.6 Å². The summed E-state index contributed by atoms with van der Waals surface area (Å²) in [5, 5.41) is 10.2. The first-order chi connectivity index (χ1) is 9.13. The van der Waals surface area contributed by atoms with Gasteiger partial charge in [-0.2, -0.15) is 5.10 Å². The largest absolute Gasteiger partial charge is 0.383 e. The van der Waals surface area contributed by atoms with Crippen molar-refractivity contribution in [1.82, 2.24) is 14.7 Å². The molecular weight excluding hydrogens is 268 g/mol. The minimum absolute atomic E-state index is 0.107. The number of hydrogen-bond donors (Lipinski definition) is 1. The molecule has 0 aromatic carbocycles. The quantitative estimate of drug-likeness (QED) is 0.684. The highest BCUT2D eigenvalue weighted by molar-refractivity contribution is 7.97. The van der Waals surface area contributed by atoms with E-state index in [1.54, 1.807) is 32.2 Å². The van der Waals surface area contributed by atoms with Crippen molar-refractivity contribution in [3.8, 4) is 0 Å². The standard InChI is InChI=1S/C11H20N4O3S/c1-14-9(8-10(13-14)19-12)11(16)15(4-6-17-2)5-7-18-3/h8H,4-7,12H2,1-3H3. The molecule has 0 unspecified atom stereocenters. The van der Waals surface area contributed by atoms with E-state index in [1.165, 1.54) is 4.68 Å². The number of methoxy groups -OCH3 is 2. The second-order valence-electron chi connectivity index (χ2n) is 3.89. The molecule has 0 aliphatic carbocycles. The van der Waals surface area contributed by atoms with Gasteiger partial charge in [0.1, 0.15) is 10.7 Å². The molecule has 0 saturated carbocycles. The maximum Gasteiger partial charge on any atom is 0.272 e. The molecule has 1 aromatic heterocycles. The molecule has 1 aromatic rings. The van der Waals surface area contributed by atoms with Gasteiger partial charge in [0.05, 0.1) is 13.2 Å². The molecule has 0 fully saturated rings. The highest BCUT2D eigenvalue weighted by Gasteiger charge is 2.19. The highest BCUT2D eigenvalue weighted by atomic mass is 32.2. The Morgan fingerprint density at radius 2 is 2.00 bits per heavy atom. The highest BCUT2D eigenvalue weighted by Crippen LogP contribution is 2.13. The minimum atomic E-state index is -0.107. The molecule has 0 spiro atoms. The summed E-state index contributed by atoms with van der Waals surface area (Å²) in [7, 11) is 4.93. The molecule has 0 aliphatic heterocycles. The SMILES string of the molecule is COCCN(CCOC)C(=O)c1cc(SN)nn1C. The van der Waals surface area contributed by atoms with Gasteiger partial charge in [-0.05, 0) is 11.9 Å². The van der Waals surface area contributed by atoms with Crippen molar-refractivity contribution in [1.29, 1.82) is 0 Å². The maximum absolute atomic E-state index is 12.4. The van der Waals surface area contributed by atoms with Crippen LogP contribution >= 0.6 is 11.9 Å². The Balaban J connectivity index is 2.80. The van der Waals surface area contributed by atoms with Gasteiger partial charge < -0.3 is 14.4 Å². The van der Waals surface area contributed by atoms with E-state index < -0.39 is 0 Å². The molecule has 0 atom stereocenters. The molecule has 1 amide bonds. The molecule has 19 heavy (non-hydrogen) atoms. The van der Waals surface area contributed by atoms with Crippen LogP contribution in [0, 0.1) is 0 Å². The normalized spacial score (nSPS) is 10.7. The summed E-state index contributed by atoms with van der Waals surface area (Å²) in [6.45, 7) is 1.97. The number of carbonyl (C=O) groups excluding carboxylic acids is 1. The predicted molar refractivity (Wildman–Crippen MR) is 72.9 cm³/mol. The zero-order chi connectivity index (χ0) is 14.3. The van der Waals surface area contributed by atoms with Gasteiger partial charge in [-0.25, -0.2) is 0 Å². The van der Waals surface area contributed by atoms with Crippen LogP contribution in [-0.2, 0) is 16.5 Å². The first kappa shape index (κ1) is 16.0. The Labute approximate surface area is 117 Å². The summed E-state index contributed by atoms with van der Waals surface area (Å²) in [5.74, 6) is -0.107. The number of nitrogens with two attached hydrogens (primary N) is 1. The molecule has 108 valence electrons. The Morgan fingerprint density at radius 1 is 1.42 bits per heavy atom. The Morgan fingerprint density at radius 3 is 2.42 bits per heavy atom. The third-order valence-electron chi connectivity index (χ3n) is 2.62. The van der Waals surface area contributed by atoms with E-state index in [2.05, 4.69) is 5.10 Å². The molecule has 0 aliphatic rings. The van der Waals surface area contributed by atoms with E-state index in [9.17, 15) is 4.79 Å². The van der Waals surface area contributed by atoms with Crippen molar-refractivity contribution in [2.75, 3.05) is 40.5 Å². The Bertz CT molecular complexity index is 403. The van der Waals surface area contributed by atoms with Crippen LogP contribution in [0.25, 0.3) is 0 Å². The van der Waals surface area contributed by atoms with Gasteiger partial charge in [-0.15, -0.1) is 0 Å². The van der Waals surface area contributed by atoms with Gasteiger partial charge in [0.25, 0.3) is 5.91 Å². The first-order valence-electron chi connectivity index (χ1n) is 5.82. The topological polar surface area (TPSA) is 82.6 Å². The molecule has 2 N–H and O–H groups in total. The molecule has 7 nitrogen and oxygen atoms in total. The molecule has 1 rings (SSSR count). The monoisotopic (exact) mass is 288 g/mol. The molecule has 0 saturated heterocycles. The smallest absolute Gasteiger partial charge is 0.272 e. The number of amides is 1. The lowest BCUT2D eigenvalue weighted by molar-refractivity contribution is 0.0617. The van der Waals surface area contributed by atoms with E-state index in [0.29, 0.717) is 37.0 Å². The van der Waals surface area contributed by atoms with Crippen molar-refractivity contribution in [3.63, 3.8) is 0 Å². The third-order valence-corrected chi connectivity index (χ3v) is 3.06. The van der Waals surface area contributed by atoms with Crippen LogP contribution in [0.1, 0.15) is 10.5 Å². The average Bonchev–Trinajstić information content (AvgIpc) is 2.79. The second kappa shape index (κ2) is 8.16. The summed E-state index contributed by atoms with van der Waals surface area (Å²) in [4.78, 5) is 14.1. The van der Waals surface area contributed by atoms with Crippen molar-refractivity contribution >= 4 is 17.9 Å². The van der Waals surface area contributed by atoms with Crippen molar-refractivity contribution in [2.45, 2.75) is 5.03 Å². The van der Waals surface area contributed by atoms with Crippen molar-refractivity contribution in [3.05, 3.63) is 11.8 Å². The van der Waals surface area contributed by atoms with Gasteiger partial charge in [0, 0.05) is 40.4 Å². The van der Waals surface area contributed by atoms with Gasteiger partial charge in [0.15, 0.2) is 0 Å². The number of ether oxygens (including phenoxy) is 2. The fraction of sp³-hybridized carbons (Fsp3) is 0.636. The van der Waals surface area contributed by atoms with Crippen molar-refractivity contribution < 1.29 is 14.3 Å². The maximum atomic E-state index is 12.4. The summed E-state index contributed by atoms with van der Waals surface area (Å²) in [5.41, 5.74) is 0.500. The van der Waals surface area contributed by atoms with Gasteiger partial charge >= 0.3 is 0 Å². The number of aromatic nitrogens is 2. The number of nitrogens with zero attached hydrogens (tertiary/aromatic N) is 3. The zero-order valence-electron chi connectivity index (χ0n) is 11.5. The lowest BCUT2D eigenvalue weighted by atomic mass is 10.3. The number of hydrogen-bond acceptors (Lipinski definition) is 6. The molecule has 1 heterocycles. The Kier molecular flexibility index (Phi) is 6.85. The van der Waals surface area contributed by atoms with Crippen LogP contribution in [0.15, 0.2) is 11.1 Å². The third kappa shape index (κ3) is 4.50.